The van der Waals surface area contributed by atoms with Gasteiger partial charge in [-0.3, -0.25) is 0 Å². The largest absolute Gasteiger partial charge is 0.474 e. The lowest BCUT2D eigenvalue weighted by Crippen LogP contribution is -2.53. The summed E-state index contributed by atoms with van der Waals surface area (Å²) in [5, 5.41) is 2.25. The fourth-order valence-corrected chi connectivity index (χ4v) is 3.64. The Kier molecular flexibility index (Phi) is 6.91. The Hall–Kier alpha value is -3.35. The van der Waals surface area contributed by atoms with Gasteiger partial charge in [0, 0.05) is 70.0 Å². The summed E-state index contributed by atoms with van der Waals surface area (Å²) >= 11 is 0. The molecule has 4 rings (SSSR count). The average Bonchev–Trinajstić information content (AvgIpc) is 2.79. The van der Waals surface area contributed by atoms with Gasteiger partial charge in [-0.25, -0.2) is 28.5 Å². The first-order valence-electron chi connectivity index (χ1n) is 11.0. The van der Waals surface area contributed by atoms with Crippen molar-refractivity contribution >= 4 is 17.9 Å². The van der Waals surface area contributed by atoms with Crippen LogP contribution in [0.15, 0.2) is 18.5 Å². The highest BCUT2D eigenvalue weighted by Crippen LogP contribution is 2.31. The third-order valence-corrected chi connectivity index (χ3v) is 5.73. The number of nitrogen functional groups attached to an aromatic ring is 1. The second kappa shape index (κ2) is 9.87. The molecule has 0 radical (unpaired) electrons. The van der Waals surface area contributed by atoms with E-state index < -0.39 is 18.5 Å². The van der Waals surface area contributed by atoms with E-state index in [9.17, 15) is 13.6 Å². The number of nitrogens with zero attached hydrogens (tertiary/aromatic N) is 6. The van der Waals surface area contributed by atoms with Crippen LogP contribution >= 0.6 is 0 Å². The third-order valence-electron chi connectivity index (χ3n) is 5.73. The fourth-order valence-electron chi connectivity index (χ4n) is 3.64. The molecule has 1 aliphatic carbocycles. The number of nitrogens with two attached hydrogens (primary N) is 1. The molecular weight excluding hydrogens is 450 g/mol. The van der Waals surface area contributed by atoms with Gasteiger partial charge in [0.15, 0.2) is 0 Å². The number of carbonyl (C=O) groups is 1. The van der Waals surface area contributed by atoms with E-state index in [1.165, 1.54) is 4.90 Å². The first-order chi connectivity index (χ1) is 16.2. The molecule has 184 valence electrons. The van der Waals surface area contributed by atoms with Crippen LogP contribution in [0, 0.1) is 0 Å². The number of anilines is 2. The van der Waals surface area contributed by atoms with Gasteiger partial charge in [0.05, 0.1) is 25.5 Å². The number of rotatable bonds is 7. The lowest BCUT2D eigenvalue weighted by Gasteiger charge is -2.40. The molecule has 3 N–H and O–H groups in total. The van der Waals surface area contributed by atoms with Crippen molar-refractivity contribution in [3.05, 3.63) is 18.5 Å². The highest BCUT2D eigenvalue weighted by molar-refractivity contribution is 5.74. The van der Waals surface area contributed by atoms with Gasteiger partial charge in [-0.2, -0.15) is 4.98 Å². The number of ether oxygens (including phenoxy) is 2. The number of amides is 2. The Balaban J connectivity index is 1.43. The second-order valence-electron chi connectivity index (χ2n) is 8.53. The molecule has 0 atom stereocenters. The SMILES string of the molecule is CN(C(=O)NCC(C)(F)F)[C@H]1C[C@H](Oc2cc(-c3cnc(N)nc3)nc(N3CCOCC3)n2)C1. The molecule has 2 amide bonds. The van der Waals surface area contributed by atoms with Crippen molar-refractivity contribution in [1.29, 1.82) is 0 Å². The van der Waals surface area contributed by atoms with Crippen molar-refractivity contribution in [3.63, 3.8) is 0 Å². The van der Waals surface area contributed by atoms with Crippen molar-refractivity contribution in [3.8, 4) is 17.1 Å². The summed E-state index contributed by atoms with van der Waals surface area (Å²) < 4.78 is 37.5. The summed E-state index contributed by atoms with van der Waals surface area (Å²) in [4.78, 5) is 32.9. The van der Waals surface area contributed by atoms with Crippen LogP contribution in [0.3, 0.4) is 0 Å². The molecule has 2 aromatic rings. The van der Waals surface area contributed by atoms with Crippen molar-refractivity contribution in [2.45, 2.75) is 37.8 Å². The van der Waals surface area contributed by atoms with Gasteiger partial charge in [0.25, 0.3) is 5.92 Å². The maximum atomic E-state index is 13.0. The monoisotopic (exact) mass is 478 g/mol. The zero-order valence-corrected chi connectivity index (χ0v) is 19.1. The molecule has 2 fully saturated rings. The van der Waals surface area contributed by atoms with E-state index in [0.29, 0.717) is 62.2 Å². The van der Waals surface area contributed by atoms with Crippen LogP contribution in [0.5, 0.6) is 5.88 Å². The predicted octanol–water partition coefficient (Wildman–Crippen LogP) is 1.56. The molecule has 0 spiro atoms. The van der Waals surface area contributed by atoms with Gasteiger partial charge in [-0.15, -0.1) is 0 Å². The molecular formula is C21H28F2N8O3. The Morgan fingerprint density at radius 2 is 1.97 bits per heavy atom. The van der Waals surface area contributed by atoms with Crippen molar-refractivity contribution in [2.24, 2.45) is 0 Å². The molecule has 3 heterocycles. The van der Waals surface area contributed by atoms with Crippen LogP contribution in [0.4, 0.5) is 25.5 Å². The van der Waals surface area contributed by atoms with E-state index in [-0.39, 0.29) is 18.1 Å². The van der Waals surface area contributed by atoms with E-state index in [0.717, 1.165) is 6.92 Å². The lowest BCUT2D eigenvalue weighted by molar-refractivity contribution is 0.0180. The number of alkyl halides is 2. The first-order valence-corrected chi connectivity index (χ1v) is 11.0. The molecule has 11 nitrogen and oxygen atoms in total. The summed E-state index contributed by atoms with van der Waals surface area (Å²) in [6.07, 6.45) is 4.12. The normalized spacial score (nSPS) is 20.4. The molecule has 1 saturated heterocycles. The highest BCUT2D eigenvalue weighted by Gasteiger charge is 2.37. The van der Waals surface area contributed by atoms with E-state index in [1.807, 2.05) is 4.90 Å². The van der Waals surface area contributed by atoms with E-state index in [1.54, 1.807) is 25.5 Å². The van der Waals surface area contributed by atoms with Gasteiger partial charge in [-0.1, -0.05) is 0 Å². The number of aromatic nitrogens is 4. The zero-order valence-electron chi connectivity index (χ0n) is 19.1. The topological polar surface area (TPSA) is 132 Å². The summed E-state index contributed by atoms with van der Waals surface area (Å²) in [5.74, 6) is -1.89. The summed E-state index contributed by atoms with van der Waals surface area (Å²) in [7, 11) is 1.59. The maximum absolute atomic E-state index is 13.0. The van der Waals surface area contributed by atoms with Crippen molar-refractivity contribution < 1.29 is 23.0 Å². The van der Waals surface area contributed by atoms with Gasteiger partial charge in [-0.05, 0) is 0 Å². The molecule has 13 heteroatoms. The summed E-state index contributed by atoms with van der Waals surface area (Å²) in [6, 6.07) is 1.07. The quantitative estimate of drug-likeness (QED) is 0.608. The minimum Gasteiger partial charge on any atom is -0.474 e. The molecule has 34 heavy (non-hydrogen) atoms. The van der Waals surface area contributed by atoms with Gasteiger partial charge in [0.1, 0.15) is 6.10 Å². The van der Waals surface area contributed by atoms with Gasteiger partial charge < -0.3 is 30.3 Å². The number of morpholine rings is 1. The maximum Gasteiger partial charge on any atom is 0.317 e. The summed E-state index contributed by atoms with van der Waals surface area (Å²) in [6.45, 7) is 2.53. The van der Waals surface area contributed by atoms with Crippen LogP contribution in [-0.2, 0) is 4.74 Å². The Bertz CT molecular complexity index is 993. The van der Waals surface area contributed by atoms with Crippen molar-refractivity contribution in [2.75, 3.05) is 50.5 Å². The van der Waals surface area contributed by atoms with Crippen LogP contribution < -0.4 is 20.7 Å². The van der Waals surface area contributed by atoms with E-state index in [2.05, 4.69) is 25.3 Å². The van der Waals surface area contributed by atoms with E-state index in [4.69, 9.17) is 15.2 Å². The zero-order chi connectivity index (χ0) is 24.3. The number of nitrogens with one attached hydrogen (secondary N) is 1. The van der Waals surface area contributed by atoms with Crippen LogP contribution in [0.2, 0.25) is 0 Å². The molecule has 1 saturated carbocycles. The molecule has 2 aliphatic rings. The van der Waals surface area contributed by atoms with Gasteiger partial charge >= 0.3 is 6.03 Å². The Labute approximate surface area is 195 Å². The first kappa shape index (κ1) is 23.8. The molecule has 0 unspecified atom stereocenters. The number of halogens is 2. The van der Waals surface area contributed by atoms with Crippen LogP contribution in [-0.4, -0.2) is 88.8 Å². The number of carbonyl (C=O) groups excluding carboxylic acids is 1. The van der Waals surface area contributed by atoms with E-state index >= 15 is 0 Å². The Morgan fingerprint density at radius 1 is 1.29 bits per heavy atom. The Morgan fingerprint density at radius 3 is 2.62 bits per heavy atom. The van der Waals surface area contributed by atoms with Crippen molar-refractivity contribution in [1.82, 2.24) is 30.2 Å². The molecule has 1 aliphatic heterocycles. The molecule has 0 aromatic carbocycles. The smallest absolute Gasteiger partial charge is 0.317 e. The number of hydrogen-bond acceptors (Lipinski definition) is 9. The minimum atomic E-state index is -2.96. The molecule has 0 bridgehead atoms. The van der Waals surface area contributed by atoms with Gasteiger partial charge in [0.2, 0.25) is 17.8 Å². The lowest BCUT2D eigenvalue weighted by atomic mass is 9.88. The number of hydrogen-bond donors (Lipinski definition) is 2. The minimum absolute atomic E-state index is 0.110. The third kappa shape index (κ3) is 5.95. The van der Waals surface area contributed by atoms with Crippen LogP contribution in [0.1, 0.15) is 19.8 Å². The number of urea groups is 1. The summed E-state index contributed by atoms with van der Waals surface area (Å²) in [5.41, 5.74) is 6.87. The standard InChI is InChI=1S/C21H28F2N8O3/c1-21(22,23)12-27-20(32)30(2)14-7-15(8-14)34-17-9-16(13-10-25-18(24)26-11-13)28-19(29-17)31-3-5-33-6-4-31/h9-11,14-15H,3-8,12H2,1-2H3,(H,27,32)(H2,24,25,26)/t14-,15-. The predicted molar refractivity (Wildman–Crippen MR) is 120 cm³/mol. The highest BCUT2D eigenvalue weighted by atomic mass is 19.3. The fraction of sp³-hybridized carbons (Fsp3) is 0.571. The second-order valence-corrected chi connectivity index (χ2v) is 8.53. The molecule has 2 aromatic heterocycles. The van der Waals surface area contributed by atoms with Crippen LogP contribution in [0.25, 0.3) is 11.3 Å². The average molecular weight is 479 g/mol.